The lowest BCUT2D eigenvalue weighted by molar-refractivity contribution is -0.479. The number of hydrogen-bond acceptors (Lipinski definition) is 7. The van der Waals surface area contributed by atoms with E-state index in [4.69, 9.17) is 21.1 Å². The third kappa shape index (κ3) is 6.12. The molecule has 1 aromatic heterocycles. The number of nitrogens with zero attached hydrogens (tertiary/aromatic N) is 4. The number of aromatic nitrogens is 3. The van der Waals surface area contributed by atoms with Crippen molar-refractivity contribution >= 4 is 23.4 Å². The second-order valence-corrected chi connectivity index (χ2v) is 9.24. The number of rotatable bonds is 10. The molecule has 0 unspecified atom stereocenters. The molecule has 0 saturated carbocycles. The molecule has 4 aromatic rings. The summed E-state index contributed by atoms with van der Waals surface area (Å²) in [7, 11) is 1.61. The van der Waals surface area contributed by atoms with Gasteiger partial charge in [0.2, 0.25) is 6.54 Å². The SMILES string of the molecule is COc1ccc(-n2c(C)nnc2S[C@@H](C[N+](=O)[O-])c2ccccc2OCc2ccc(Cl)cc2)cc1. The molecule has 3 aromatic carbocycles. The van der Waals surface area contributed by atoms with Crippen LogP contribution in [0.1, 0.15) is 22.2 Å². The van der Waals surface area contributed by atoms with Crippen LogP contribution >= 0.6 is 23.4 Å². The Kier molecular flexibility index (Phi) is 7.89. The standard InChI is InChI=1S/C25H23ClN4O4S/c1-17-27-28-25(30(17)20-11-13-21(33-2)14-12-20)35-24(15-29(31)32)22-5-3-4-6-23(22)34-16-18-7-9-19(26)10-8-18/h3-14,24H,15-16H2,1-2H3/t24-/m0/s1. The highest BCUT2D eigenvalue weighted by Crippen LogP contribution is 2.40. The van der Waals surface area contributed by atoms with E-state index < -0.39 is 5.25 Å². The second-order valence-electron chi connectivity index (χ2n) is 7.64. The normalized spacial score (nSPS) is 11.7. The summed E-state index contributed by atoms with van der Waals surface area (Å²) in [4.78, 5) is 11.3. The fourth-order valence-corrected chi connectivity index (χ4v) is 4.86. The lowest BCUT2D eigenvalue weighted by Crippen LogP contribution is -2.12. The van der Waals surface area contributed by atoms with Gasteiger partial charge in [-0.05, 0) is 55.0 Å². The molecule has 0 aliphatic heterocycles. The summed E-state index contributed by atoms with van der Waals surface area (Å²) in [6.45, 7) is 1.85. The van der Waals surface area contributed by atoms with Gasteiger partial charge in [0.25, 0.3) is 0 Å². The van der Waals surface area contributed by atoms with E-state index in [1.54, 1.807) is 19.2 Å². The van der Waals surface area contributed by atoms with Crippen molar-refractivity contribution < 1.29 is 14.4 Å². The fraction of sp³-hybridized carbons (Fsp3) is 0.200. The van der Waals surface area contributed by atoms with Crippen LogP contribution in [-0.2, 0) is 6.61 Å². The van der Waals surface area contributed by atoms with E-state index in [9.17, 15) is 10.1 Å². The van der Waals surface area contributed by atoms with E-state index in [1.807, 2.05) is 72.2 Å². The average Bonchev–Trinajstić information content (AvgIpc) is 3.23. The number of ether oxygens (including phenoxy) is 2. The molecule has 10 heteroatoms. The number of methoxy groups -OCH3 is 1. The zero-order chi connectivity index (χ0) is 24.8. The molecule has 1 atom stereocenters. The van der Waals surface area contributed by atoms with E-state index in [0.29, 0.717) is 33.9 Å². The first kappa shape index (κ1) is 24.6. The number of hydrogen-bond donors (Lipinski definition) is 0. The molecule has 0 N–H and O–H groups in total. The van der Waals surface area contributed by atoms with Gasteiger partial charge < -0.3 is 9.47 Å². The van der Waals surface area contributed by atoms with Crippen molar-refractivity contribution in [2.45, 2.75) is 23.9 Å². The summed E-state index contributed by atoms with van der Waals surface area (Å²) in [5.74, 6) is 1.98. The Balaban J connectivity index is 1.63. The molecule has 0 saturated heterocycles. The Morgan fingerprint density at radius 2 is 1.77 bits per heavy atom. The lowest BCUT2D eigenvalue weighted by Gasteiger charge is -2.18. The molecule has 0 aliphatic rings. The van der Waals surface area contributed by atoms with Crippen molar-refractivity contribution in [2.75, 3.05) is 13.7 Å². The van der Waals surface area contributed by atoms with Crippen LogP contribution in [0.4, 0.5) is 0 Å². The van der Waals surface area contributed by atoms with Gasteiger partial charge in [0.1, 0.15) is 29.2 Å². The summed E-state index contributed by atoms with van der Waals surface area (Å²) >= 11 is 7.25. The van der Waals surface area contributed by atoms with Gasteiger partial charge in [0.15, 0.2) is 5.16 Å². The molecule has 8 nitrogen and oxygen atoms in total. The Hall–Kier alpha value is -3.56. The molecule has 35 heavy (non-hydrogen) atoms. The molecular weight excluding hydrogens is 488 g/mol. The van der Waals surface area contributed by atoms with E-state index in [0.717, 1.165) is 17.0 Å². The smallest absolute Gasteiger partial charge is 0.220 e. The Labute approximate surface area is 212 Å². The lowest BCUT2D eigenvalue weighted by atomic mass is 10.1. The van der Waals surface area contributed by atoms with Crippen molar-refractivity contribution in [1.29, 1.82) is 0 Å². The van der Waals surface area contributed by atoms with Gasteiger partial charge in [-0.15, -0.1) is 10.2 Å². The van der Waals surface area contributed by atoms with Crippen LogP contribution in [0.5, 0.6) is 11.5 Å². The van der Waals surface area contributed by atoms with Gasteiger partial charge in [-0.3, -0.25) is 14.7 Å². The third-order valence-electron chi connectivity index (χ3n) is 5.26. The van der Waals surface area contributed by atoms with Crippen LogP contribution in [-0.4, -0.2) is 33.3 Å². The summed E-state index contributed by atoms with van der Waals surface area (Å²) in [6.07, 6.45) is 0. The van der Waals surface area contributed by atoms with Crippen LogP contribution in [0.2, 0.25) is 5.02 Å². The largest absolute Gasteiger partial charge is 0.497 e. The number of thioether (sulfide) groups is 1. The predicted octanol–water partition coefficient (Wildman–Crippen LogP) is 5.93. The fourth-order valence-electron chi connectivity index (χ4n) is 3.53. The Morgan fingerprint density at radius 1 is 1.06 bits per heavy atom. The van der Waals surface area contributed by atoms with E-state index in [1.165, 1.54) is 11.8 Å². The van der Waals surface area contributed by atoms with Crippen LogP contribution in [0.25, 0.3) is 5.69 Å². The van der Waals surface area contributed by atoms with E-state index >= 15 is 0 Å². The zero-order valence-corrected chi connectivity index (χ0v) is 20.7. The quantitative estimate of drug-likeness (QED) is 0.148. The predicted molar refractivity (Wildman–Crippen MR) is 135 cm³/mol. The maximum absolute atomic E-state index is 11.6. The molecule has 0 radical (unpaired) electrons. The minimum Gasteiger partial charge on any atom is -0.497 e. The van der Waals surface area contributed by atoms with Gasteiger partial charge in [-0.1, -0.05) is 53.7 Å². The van der Waals surface area contributed by atoms with Gasteiger partial charge in [-0.25, -0.2) is 0 Å². The molecule has 0 fully saturated rings. The first-order chi connectivity index (χ1) is 16.9. The van der Waals surface area contributed by atoms with Gasteiger partial charge >= 0.3 is 0 Å². The molecule has 1 heterocycles. The summed E-state index contributed by atoms with van der Waals surface area (Å²) in [5.41, 5.74) is 2.49. The monoisotopic (exact) mass is 510 g/mol. The average molecular weight is 511 g/mol. The summed E-state index contributed by atoms with van der Waals surface area (Å²) in [6, 6.07) is 22.2. The Morgan fingerprint density at radius 3 is 2.46 bits per heavy atom. The topological polar surface area (TPSA) is 92.3 Å². The van der Waals surface area contributed by atoms with Crippen LogP contribution < -0.4 is 9.47 Å². The molecule has 180 valence electrons. The zero-order valence-electron chi connectivity index (χ0n) is 19.1. The minimum atomic E-state index is -0.549. The van der Waals surface area contributed by atoms with Crippen LogP contribution in [0.15, 0.2) is 78.0 Å². The number of benzene rings is 3. The third-order valence-corrected chi connectivity index (χ3v) is 6.68. The first-order valence-electron chi connectivity index (χ1n) is 10.8. The van der Waals surface area contributed by atoms with Crippen molar-refractivity contribution in [3.8, 4) is 17.2 Å². The van der Waals surface area contributed by atoms with Crippen molar-refractivity contribution in [3.05, 3.63) is 105 Å². The van der Waals surface area contributed by atoms with Crippen molar-refractivity contribution in [3.63, 3.8) is 0 Å². The maximum atomic E-state index is 11.6. The highest BCUT2D eigenvalue weighted by molar-refractivity contribution is 7.99. The second kappa shape index (κ2) is 11.2. The number of nitro groups is 1. The van der Waals surface area contributed by atoms with E-state index in [2.05, 4.69) is 10.2 Å². The van der Waals surface area contributed by atoms with Crippen molar-refractivity contribution in [2.24, 2.45) is 0 Å². The molecule has 0 aliphatic carbocycles. The van der Waals surface area contributed by atoms with E-state index in [-0.39, 0.29) is 11.5 Å². The molecule has 0 amide bonds. The van der Waals surface area contributed by atoms with Crippen LogP contribution in [0.3, 0.4) is 0 Å². The number of halogens is 1. The molecule has 4 rings (SSSR count). The molecule has 0 spiro atoms. The summed E-state index contributed by atoms with van der Waals surface area (Å²) < 4.78 is 13.2. The summed E-state index contributed by atoms with van der Waals surface area (Å²) in [5, 5.41) is 20.8. The molecule has 0 bridgehead atoms. The van der Waals surface area contributed by atoms with Gasteiger partial charge in [0.05, 0.1) is 7.11 Å². The van der Waals surface area contributed by atoms with Crippen molar-refractivity contribution in [1.82, 2.24) is 14.8 Å². The van der Waals surface area contributed by atoms with Crippen LogP contribution in [0, 0.1) is 17.0 Å². The minimum absolute atomic E-state index is 0.305. The Bertz CT molecular complexity index is 1300. The highest BCUT2D eigenvalue weighted by Gasteiger charge is 2.26. The number of para-hydroxylation sites is 1. The van der Waals surface area contributed by atoms with Gasteiger partial charge in [0, 0.05) is 21.2 Å². The maximum Gasteiger partial charge on any atom is 0.220 e. The molecular formula is C25H23ClN4O4S. The first-order valence-corrected chi connectivity index (χ1v) is 12.0. The van der Waals surface area contributed by atoms with Gasteiger partial charge in [-0.2, -0.15) is 0 Å². The number of aryl methyl sites for hydroxylation is 1. The highest BCUT2D eigenvalue weighted by atomic mass is 35.5.